The van der Waals surface area contributed by atoms with Crippen LogP contribution in [0.3, 0.4) is 0 Å². The zero-order chi connectivity index (χ0) is 15.7. The Morgan fingerprint density at radius 3 is 2.71 bits per heavy atom. The highest BCUT2D eigenvalue weighted by Gasteiger charge is 2.32. The van der Waals surface area contributed by atoms with E-state index in [4.69, 9.17) is 4.74 Å². The van der Waals surface area contributed by atoms with Gasteiger partial charge < -0.3 is 15.0 Å². The van der Waals surface area contributed by atoms with Gasteiger partial charge in [0.15, 0.2) is 0 Å². The van der Waals surface area contributed by atoms with Gasteiger partial charge in [-0.2, -0.15) is 0 Å². The summed E-state index contributed by atoms with van der Waals surface area (Å²) in [6.45, 7) is 10.9. The van der Waals surface area contributed by atoms with Crippen molar-refractivity contribution < 1.29 is 9.53 Å². The van der Waals surface area contributed by atoms with E-state index < -0.39 is 5.54 Å². The predicted octanol–water partition coefficient (Wildman–Crippen LogP) is 2.82. The molecular formula is C17H34N2O2. The average molecular weight is 298 g/mol. The summed E-state index contributed by atoms with van der Waals surface area (Å²) in [4.78, 5) is 14.5. The fourth-order valence-electron chi connectivity index (χ4n) is 3.15. The van der Waals surface area contributed by atoms with Gasteiger partial charge in [-0.15, -0.1) is 0 Å². The second kappa shape index (κ2) is 9.42. The molecule has 4 nitrogen and oxygen atoms in total. The monoisotopic (exact) mass is 298 g/mol. The molecule has 1 aliphatic heterocycles. The van der Waals surface area contributed by atoms with Crippen LogP contribution < -0.4 is 5.32 Å². The quantitative estimate of drug-likeness (QED) is 0.497. The van der Waals surface area contributed by atoms with Gasteiger partial charge >= 0.3 is 5.97 Å². The van der Waals surface area contributed by atoms with E-state index in [1.54, 1.807) is 0 Å². The summed E-state index contributed by atoms with van der Waals surface area (Å²) in [6, 6.07) is 0. The number of hydrogen-bond acceptors (Lipinski definition) is 4. The zero-order valence-electron chi connectivity index (χ0n) is 14.4. The van der Waals surface area contributed by atoms with Crippen molar-refractivity contribution in [2.24, 2.45) is 5.92 Å². The Balaban J connectivity index is 2.28. The molecule has 0 radical (unpaired) electrons. The van der Waals surface area contributed by atoms with Crippen molar-refractivity contribution in [3.8, 4) is 0 Å². The number of carbonyl (C=O) groups excluding carboxylic acids is 1. The van der Waals surface area contributed by atoms with Gasteiger partial charge in [-0.25, -0.2) is 0 Å². The molecule has 0 aromatic carbocycles. The Bertz CT molecular complexity index is 309. The molecule has 1 rings (SSSR count). The van der Waals surface area contributed by atoms with Crippen LogP contribution in [0.25, 0.3) is 0 Å². The Labute approximate surface area is 130 Å². The Morgan fingerprint density at radius 2 is 2.14 bits per heavy atom. The Kier molecular flexibility index (Phi) is 8.27. The maximum atomic E-state index is 12.0. The molecule has 0 aliphatic carbocycles. The first-order chi connectivity index (χ1) is 10.1. The summed E-state index contributed by atoms with van der Waals surface area (Å²) in [5, 5.41) is 3.35. The average Bonchev–Trinajstić information content (AvgIpc) is 2.96. The lowest BCUT2D eigenvalue weighted by molar-refractivity contribution is -0.148. The number of hydrogen-bond donors (Lipinski definition) is 1. The number of nitrogens with one attached hydrogen (secondary N) is 1. The number of ether oxygens (including phenoxy) is 1. The summed E-state index contributed by atoms with van der Waals surface area (Å²) < 4.78 is 4.96. The molecule has 0 aromatic heterocycles. The van der Waals surface area contributed by atoms with Gasteiger partial charge in [-0.1, -0.05) is 20.3 Å². The van der Waals surface area contributed by atoms with Crippen molar-refractivity contribution in [1.29, 1.82) is 0 Å². The molecule has 1 fully saturated rings. The van der Waals surface area contributed by atoms with Crippen LogP contribution in [0.2, 0.25) is 0 Å². The highest BCUT2D eigenvalue weighted by atomic mass is 16.5. The molecule has 1 saturated heterocycles. The van der Waals surface area contributed by atoms with Gasteiger partial charge in [0, 0.05) is 6.54 Å². The highest BCUT2D eigenvalue weighted by Crippen LogP contribution is 2.21. The van der Waals surface area contributed by atoms with Crippen molar-refractivity contribution in [2.75, 3.05) is 33.3 Å². The molecule has 1 aliphatic rings. The first-order valence-electron chi connectivity index (χ1n) is 8.61. The molecule has 21 heavy (non-hydrogen) atoms. The summed E-state index contributed by atoms with van der Waals surface area (Å²) >= 11 is 0. The van der Waals surface area contributed by atoms with E-state index in [0.29, 0.717) is 0 Å². The number of nitrogens with zero attached hydrogens (tertiary/aromatic N) is 1. The van der Waals surface area contributed by atoms with Crippen molar-refractivity contribution in [1.82, 2.24) is 10.2 Å². The van der Waals surface area contributed by atoms with E-state index in [0.717, 1.165) is 38.1 Å². The number of rotatable bonds is 10. The highest BCUT2D eigenvalue weighted by molar-refractivity contribution is 5.80. The molecule has 2 unspecified atom stereocenters. The molecule has 1 N–H and O–H groups in total. The number of unbranched alkanes of at least 4 members (excludes halogenated alkanes) is 1. The minimum atomic E-state index is -0.526. The number of methoxy groups -OCH3 is 1. The lowest BCUT2D eigenvalue weighted by Gasteiger charge is -2.28. The van der Waals surface area contributed by atoms with Crippen molar-refractivity contribution >= 4 is 5.97 Å². The van der Waals surface area contributed by atoms with Crippen molar-refractivity contribution in [2.45, 2.75) is 64.8 Å². The Hall–Kier alpha value is -0.610. The van der Waals surface area contributed by atoms with Crippen molar-refractivity contribution in [3.63, 3.8) is 0 Å². The minimum absolute atomic E-state index is 0.136. The van der Waals surface area contributed by atoms with Crippen LogP contribution in [-0.2, 0) is 9.53 Å². The Morgan fingerprint density at radius 1 is 1.38 bits per heavy atom. The van der Waals surface area contributed by atoms with E-state index >= 15 is 0 Å². The molecule has 4 heteroatoms. The zero-order valence-corrected chi connectivity index (χ0v) is 14.4. The topological polar surface area (TPSA) is 41.6 Å². The van der Waals surface area contributed by atoms with Gasteiger partial charge in [0.2, 0.25) is 0 Å². The molecule has 0 spiro atoms. The van der Waals surface area contributed by atoms with Crippen LogP contribution in [0.1, 0.15) is 59.3 Å². The van der Waals surface area contributed by atoms with Gasteiger partial charge in [-0.3, -0.25) is 4.79 Å². The third-order valence-electron chi connectivity index (χ3n) is 4.75. The molecule has 124 valence electrons. The van der Waals surface area contributed by atoms with Crippen LogP contribution in [0.4, 0.5) is 0 Å². The lowest BCUT2D eigenvalue weighted by Crippen LogP contribution is -2.50. The second-order valence-corrected chi connectivity index (χ2v) is 6.57. The molecular weight excluding hydrogens is 264 g/mol. The third-order valence-corrected chi connectivity index (χ3v) is 4.75. The molecule has 0 aromatic rings. The first-order valence-corrected chi connectivity index (χ1v) is 8.61. The van der Waals surface area contributed by atoms with Gasteiger partial charge in [0.25, 0.3) is 0 Å². The number of likely N-dealkylation sites (tertiary alicyclic amines) is 1. The van der Waals surface area contributed by atoms with Crippen LogP contribution in [0.15, 0.2) is 0 Å². The largest absolute Gasteiger partial charge is 0.468 e. The van der Waals surface area contributed by atoms with Gasteiger partial charge in [0.1, 0.15) is 5.54 Å². The van der Waals surface area contributed by atoms with Gasteiger partial charge in [0.05, 0.1) is 7.11 Å². The maximum Gasteiger partial charge on any atom is 0.325 e. The lowest BCUT2D eigenvalue weighted by atomic mass is 9.94. The normalized spacial score (nSPS) is 22.2. The molecule has 0 amide bonds. The molecule has 0 saturated carbocycles. The molecule has 1 heterocycles. The smallest absolute Gasteiger partial charge is 0.325 e. The van der Waals surface area contributed by atoms with Crippen LogP contribution >= 0.6 is 0 Å². The second-order valence-electron chi connectivity index (χ2n) is 6.57. The standard InChI is InChI=1S/C17H34N2O2/c1-5-11-18-17(3,16(20)21-4)10-7-8-12-19-13-9-15(6-2)14-19/h15,18H,5-14H2,1-4H3. The summed E-state index contributed by atoms with van der Waals surface area (Å²) in [5.74, 6) is 0.764. The summed E-state index contributed by atoms with van der Waals surface area (Å²) in [6.07, 6.45) is 6.77. The van der Waals surface area contributed by atoms with E-state index in [-0.39, 0.29) is 5.97 Å². The van der Waals surface area contributed by atoms with Crippen LogP contribution in [-0.4, -0.2) is 49.7 Å². The maximum absolute atomic E-state index is 12.0. The predicted molar refractivity (Wildman–Crippen MR) is 87.4 cm³/mol. The minimum Gasteiger partial charge on any atom is -0.468 e. The van der Waals surface area contributed by atoms with Crippen LogP contribution in [0, 0.1) is 5.92 Å². The van der Waals surface area contributed by atoms with Gasteiger partial charge in [-0.05, 0) is 64.6 Å². The number of esters is 1. The fraction of sp³-hybridized carbons (Fsp3) is 0.941. The van der Waals surface area contributed by atoms with Crippen molar-refractivity contribution in [3.05, 3.63) is 0 Å². The summed E-state index contributed by atoms with van der Waals surface area (Å²) in [5.41, 5.74) is -0.526. The summed E-state index contributed by atoms with van der Waals surface area (Å²) in [7, 11) is 1.48. The van der Waals surface area contributed by atoms with Crippen LogP contribution in [0.5, 0.6) is 0 Å². The molecule has 2 atom stereocenters. The first kappa shape index (κ1) is 18.4. The van der Waals surface area contributed by atoms with E-state index in [2.05, 4.69) is 24.1 Å². The van der Waals surface area contributed by atoms with E-state index in [9.17, 15) is 4.79 Å². The van der Waals surface area contributed by atoms with E-state index in [1.807, 2.05) is 6.92 Å². The SMILES string of the molecule is CCCNC(C)(CCCCN1CCC(CC)C1)C(=O)OC. The number of carbonyl (C=O) groups is 1. The molecule has 0 bridgehead atoms. The van der Waals surface area contributed by atoms with E-state index in [1.165, 1.54) is 39.6 Å². The fourth-order valence-corrected chi connectivity index (χ4v) is 3.15. The third kappa shape index (κ3) is 5.95.